The number of phenolic OH excluding ortho intramolecular Hbond substituents is 1. The largest absolute Gasteiger partial charge is 0.505 e. The van der Waals surface area contributed by atoms with E-state index >= 15 is 0 Å². The number of ether oxygens (including phenoxy) is 1. The highest BCUT2D eigenvalue weighted by Gasteiger charge is 2.34. The van der Waals surface area contributed by atoms with Crippen LogP contribution in [0.25, 0.3) is 11.1 Å². The number of phenols is 1. The third-order valence-electron chi connectivity index (χ3n) is 5.46. The van der Waals surface area contributed by atoms with Crippen molar-refractivity contribution >= 4 is 34.9 Å². The Morgan fingerprint density at radius 1 is 1.06 bits per heavy atom. The molecule has 34 heavy (non-hydrogen) atoms. The molecule has 1 aliphatic rings. The van der Waals surface area contributed by atoms with Gasteiger partial charge in [-0.2, -0.15) is 10.1 Å². The Kier molecular flexibility index (Phi) is 6.01. The Morgan fingerprint density at radius 3 is 2.53 bits per heavy atom. The van der Waals surface area contributed by atoms with E-state index in [2.05, 4.69) is 15.6 Å². The van der Waals surface area contributed by atoms with Gasteiger partial charge in [0.05, 0.1) is 24.0 Å². The van der Waals surface area contributed by atoms with Crippen molar-refractivity contribution in [1.82, 2.24) is 0 Å². The summed E-state index contributed by atoms with van der Waals surface area (Å²) in [4.78, 5) is 24.3. The molecule has 9 heteroatoms. The number of aromatic hydroxyl groups is 1. The molecule has 1 aliphatic heterocycles. The molecule has 3 aromatic rings. The molecule has 1 amide bonds. The number of aromatic carboxylic acids is 1. The lowest BCUT2D eigenvalue weighted by atomic mass is 10.0. The summed E-state index contributed by atoms with van der Waals surface area (Å²) in [7, 11) is 1.39. The number of anilines is 2. The lowest BCUT2D eigenvalue weighted by molar-refractivity contribution is -0.112. The molecule has 0 aliphatic carbocycles. The molecule has 9 nitrogen and oxygen atoms in total. The summed E-state index contributed by atoms with van der Waals surface area (Å²) in [5, 5.41) is 29.6. The lowest BCUT2D eigenvalue weighted by Gasteiger charge is -2.13. The number of hydrogen-bond donors (Lipinski definition) is 3. The number of carbonyl (C=O) groups is 2. The average Bonchev–Trinajstić information content (AvgIpc) is 3.15. The minimum absolute atomic E-state index is 0.0283. The van der Waals surface area contributed by atoms with Gasteiger partial charge >= 0.3 is 11.9 Å². The fraction of sp³-hybridized carbons (Fsp3) is 0.120. The predicted molar refractivity (Wildman–Crippen MR) is 129 cm³/mol. The van der Waals surface area contributed by atoms with Gasteiger partial charge in [0.1, 0.15) is 5.75 Å². The predicted octanol–water partition coefficient (Wildman–Crippen LogP) is 4.15. The maximum absolute atomic E-state index is 13.0. The molecule has 0 fully saturated rings. The molecule has 4 rings (SSSR count). The molecular weight excluding hydrogens is 436 g/mol. The molecule has 0 bridgehead atoms. The van der Waals surface area contributed by atoms with Crippen molar-refractivity contribution < 1.29 is 24.5 Å². The molecule has 0 spiro atoms. The number of rotatable bonds is 5. The molecule has 0 unspecified atom stereocenters. The second-order valence-electron chi connectivity index (χ2n) is 7.65. The Labute approximate surface area is 195 Å². The second-order valence-corrected chi connectivity index (χ2v) is 7.65. The SMILES string of the molecule is COC1=NN(c2ccc(C)c(C)c2)C(=O)/C1=N\Nc1cccc(-c2cccc(C(=O)O)c2)c1O. The maximum Gasteiger partial charge on any atom is 0.335 e. The van der Waals surface area contributed by atoms with Crippen molar-refractivity contribution in [3.05, 3.63) is 77.4 Å². The molecule has 0 saturated carbocycles. The standard InChI is InChI=1S/C25H22N4O5/c1-14-10-11-18(12-15(14)2)29-24(31)21(23(28-29)34-3)27-26-20-9-5-8-19(22(20)30)16-6-4-7-17(13-16)25(32)33/h4-13,26,30H,1-3H3,(H,32,33)/b27-21-. The number of nitrogens with one attached hydrogen (secondary N) is 1. The summed E-state index contributed by atoms with van der Waals surface area (Å²) < 4.78 is 5.25. The van der Waals surface area contributed by atoms with Crippen molar-refractivity contribution in [1.29, 1.82) is 0 Å². The highest BCUT2D eigenvalue weighted by Crippen LogP contribution is 2.36. The Balaban J connectivity index is 1.63. The van der Waals surface area contributed by atoms with Crippen LogP contribution in [0.1, 0.15) is 21.5 Å². The monoisotopic (exact) mass is 458 g/mol. The van der Waals surface area contributed by atoms with Crippen molar-refractivity contribution in [2.24, 2.45) is 10.2 Å². The van der Waals surface area contributed by atoms with E-state index in [4.69, 9.17) is 4.74 Å². The summed E-state index contributed by atoms with van der Waals surface area (Å²) in [5.74, 6) is -1.68. The van der Waals surface area contributed by atoms with Gasteiger partial charge in [-0.15, -0.1) is 5.10 Å². The van der Waals surface area contributed by atoms with Crippen LogP contribution < -0.4 is 10.4 Å². The van der Waals surface area contributed by atoms with Gasteiger partial charge in [-0.25, -0.2) is 4.79 Å². The molecule has 3 aromatic carbocycles. The summed E-state index contributed by atoms with van der Waals surface area (Å²) in [6.07, 6.45) is 0. The van der Waals surface area contributed by atoms with E-state index in [1.54, 1.807) is 36.4 Å². The number of carboxylic acid groups (broad SMARTS) is 1. The van der Waals surface area contributed by atoms with Gasteiger partial charge in [0.15, 0.2) is 0 Å². The van der Waals surface area contributed by atoms with E-state index in [9.17, 15) is 19.8 Å². The zero-order valence-electron chi connectivity index (χ0n) is 18.7. The molecule has 172 valence electrons. The molecular formula is C25H22N4O5. The molecule has 0 saturated heterocycles. The van der Waals surface area contributed by atoms with Crippen LogP contribution in [0.5, 0.6) is 5.75 Å². The first-order valence-corrected chi connectivity index (χ1v) is 10.3. The number of aryl methyl sites for hydroxylation is 2. The van der Waals surface area contributed by atoms with Gasteiger partial charge in [0.25, 0.3) is 5.90 Å². The molecule has 3 N–H and O–H groups in total. The summed E-state index contributed by atoms with van der Waals surface area (Å²) in [5.41, 5.74) is 6.57. The number of para-hydroxylation sites is 1. The van der Waals surface area contributed by atoms with Crippen LogP contribution in [0.2, 0.25) is 0 Å². The van der Waals surface area contributed by atoms with Crippen molar-refractivity contribution in [3.63, 3.8) is 0 Å². The number of methoxy groups -OCH3 is 1. The van der Waals surface area contributed by atoms with E-state index in [-0.39, 0.29) is 28.6 Å². The Morgan fingerprint density at radius 2 is 1.82 bits per heavy atom. The summed E-state index contributed by atoms with van der Waals surface area (Å²) in [6.45, 7) is 3.92. The molecule has 0 aromatic heterocycles. The number of carboxylic acids is 1. The van der Waals surface area contributed by atoms with Gasteiger partial charge in [0.2, 0.25) is 5.71 Å². The van der Waals surface area contributed by atoms with Crippen LogP contribution in [0.3, 0.4) is 0 Å². The number of hydrazone groups is 2. The van der Waals surface area contributed by atoms with Crippen LogP contribution in [0.15, 0.2) is 70.9 Å². The third-order valence-corrected chi connectivity index (χ3v) is 5.46. The zero-order chi connectivity index (χ0) is 24.4. The Hall–Kier alpha value is -4.66. The smallest absolute Gasteiger partial charge is 0.335 e. The highest BCUT2D eigenvalue weighted by atomic mass is 16.5. The average molecular weight is 458 g/mol. The van der Waals surface area contributed by atoms with Crippen LogP contribution in [-0.4, -0.2) is 40.8 Å². The molecule has 0 radical (unpaired) electrons. The number of carbonyl (C=O) groups excluding carboxylic acids is 1. The second kappa shape index (κ2) is 9.07. The van der Waals surface area contributed by atoms with Crippen molar-refractivity contribution in [3.8, 4) is 16.9 Å². The molecule has 0 atom stereocenters. The van der Waals surface area contributed by atoms with E-state index < -0.39 is 11.9 Å². The topological polar surface area (TPSA) is 124 Å². The van der Waals surface area contributed by atoms with Crippen LogP contribution in [-0.2, 0) is 9.53 Å². The van der Waals surface area contributed by atoms with Gasteiger partial charge in [-0.05, 0) is 60.9 Å². The first kappa shape index (κ1) is 22.5. The number of nitrogens with zero attached hydrogens (tertiary/aromatic N) is 3. The first-order chi connectivity index (χ1) is 16.3. The number of amides is 1. The van der Waals surface area contributed by atoms with Gasteiger partial charge in [-0.1, -0.05) is 30.3 Å². The van der Waals surface area contributed by atoms with Gasteiger partial charge < -0.3 is 14.9 Å². The van der Waals surface area contributed by atoms with Crippen LogP contribution in [0.4, 0.5) is 11.4 Å². The first-order valence-electron chi connectivity index (χ1n) is 10.3. The van der Waals surface area contributed by atoms with Crippen LogP contribution in [0, 0.1) is 13.8 Å². The van der Waals surface area contributed by atoms with Crippen molar-refractivity contribution in [2.45, 2.75) is 13.8 Å². The van der Waals surface area contributed by atoms with E-state index in [0.717, 1.165) is 11.1 Å². The van der Waals surface area contributed by atoms with Crippen LogP contribution >= 0.6 is 0 Å². The Bertz CT molecular complexity index is 1360. The van der Waals surface area contributed by atoms with Crippen molar-refractivity contribution in [2.75, 3.05) is 17.5 Å². The minimum Gasteiger partial charge on any atom is -0.505 e. The number of hydrogen-bond acceptors (Lipinski definition) is 7. The fourth-order valence-electron chi connectivity index (χ4n) is 3.44. The highest BCUT2D eigenvalue weighted by molar-refractivity contribution is 6.70. The molecule has 1 heterocycles. The fourth-order valence-corrected chi connectivity index (χ4v) is 3.44. The third kappa shape index (κ3) is 4.18. The normalized spacial score (nSPS) is 14.3. The minimum atomic E-state index is -1.07. The zero-order valence-corrected chi connectivity index (χ0v) is 18.7. The lowest BCUT2D eigenvalue weighted by Crippen LogP contribution is -2.29. The quantitative estimate of drug-likeness (QED) is 0.390. The summed E-state index contributed by atoms with van der Waals surface area (Å²) >= 11 is 0. The maximum atomic E-state index is 13.0. The van der Waals surface area contributed by atoms with E-state index in [1.165, 1.54) is 24.3 Å². The van der Waals surface area contributed by atoms with E-state index in [0.29, 0.717) is 16.8 Å². The number of benzene rings is 3. The summed E-state index contributed by atoms with van der Waals surface area (Å²) in [6, 6.07) is 16.7. The van der Waals surface area contributed by atoms with E-state index in [1.807, 2.05) is 26.0 Å². The van der Waals surface area contributed by atoms with Gasteiger partial charge in [0, 0.05) is 5.56 Å². The van der Waals surface area contributed by atoms with Gasteiger partial charge in [-0.3, -0.25) is 10.2 Å².